The van der Waals surface area contributed by atoms with Crippen molar-refractivity contribution in [2.24, 2.45) is 5.41 Å². The largest absolute Gasteiger partial charge is 0.493 e. The third-order valence-corrected chi connectivity index (χ3v) is 4.41. The quantitative estimate of drug-likeness (QED) is 0.882. The van der Waals surface area contributed by atoms with Crippen LogP contribution in [0.5, 0.6) is 5.75 Å². The molecule has 0 spiro atoms. The first kappa shape index (κ1) is 16.1. The van der Waals surface area contributed by atoms with Crippen molar-refractivity contribution in [1.82, 2.24) is 10.6 Å². The van der Waals surface area contributed by atoms with E-state index < -0.39 is 0 Å². The number of rotatable bonds is 2. The maximum Gasteiger partial charge on any atom is 0.227 e. The van der Waals surface area contributed by atoms with E-state index in [0.29, 0.717) is 6.61 Å². The molecule has 3 rings (SSSR count). The van der Waals surface area contributed by atoms with E-state index in [1.165, 1.54) is 0 Å². The monoisotopic (exact) mass is 310 g/mol. The zero-order valence-corrected chi connectivity index (χ0v) is 13.2. The maximum absolute atomic E-state index is 12.6. The Kier molecular flexibility index (Phi) is 5.12. The molecule has 0 bridgehead atoms. The number of piperidine rings is 1. The number of hydrogen-bond acceptors (Lipinski definition) is 3. The van der Waals surface area contributed by atoms with Gasteiger partial charge in [0.2, 0.25) is 5.91 Å². The van der Waals surface area contributed by atoms with Crippen molar-refractivity contribution < 1.29 is 9.53 Å². The van der Waals surface area contributed by atoms with E-state index in [-0.39, 0.29) is 29.8 Å². The Balaban J connectivity index is 0.00000161. The van der Waals surface area contributed by atoms with E-state index >= 15 is 0 Å². The van der Waals surface area contributed by atoms with E-state index in [1.54, 1.807) is 0 Å². The van der Waals surface area contributed by atoms with Crippen molar-refractivity contribution in [3.63, 3.8) is 0 Å². The van der Waals surface area contributed by atoms with Crippen LogP contribution in [0.1, 0.15) is 37.8 Å². The Labute approximate surface area is 132 Å². The van der Waals surface area contributed by atoms with Crippen LogP contribution in [0.15, 0.2) is 24.3 Å². The Morgan fingerprint density at radius 1 is 1.43 bits per heavy atom. The predicted molar refractivity (Wildman–Crippen MR) is 84.9 cm³/mol. The number of amides is 1. The number of nitrogens with one attached hydrogen (secondary N) is 2. The molecule has 2 aliphatic heterocycles. The van der Waals surface area contributed by atoms with E-state index in [2.05, 4.69) is 17.6 Å². The molecule has 2 heterocycles. The molecule has 2 atom stereocenters. The summed E-state index contributed by atoms with van der Waals surface area (Å²) in [7, 11) is 0. The lowest BCUT2D eigenvalue weighted by Crippen LogP contribution is -2.49. The number of fused-ring (bicyclic) bond motifs is 1. The average Bonchev–Trinajstić information content (AvgIpc) is 2.48. The molecule has 5 heteroatoms. The molecule has 1 aromatic rings. The van der Waals surface area contributed by atoms with Gasteiger partial charge in [-0.3, -0.25) is 4.79 Å². The van der Waals surface area contributed by atoms with Crippen LogP contribution in [-0.2, 0) is 4.79 Å². The van der Waals surface area contributed by atoms with Crippen molar-refractivity contribution >= 4 is 18.3 Å². The highest BCUT2D eigenvalue weighted by Gasteiger charge is 2.36. The molecule has 1 amide bonds. The Morgan fingerprint density at radius 3 is 3.00 bits per heavy atom. The molecule has 1 saturated heterocycles. The van der Waals surface area contributed by atoms with Crippen molar-refractivity contribution in [3.05, 3.63) is 29.8 Å². The van der Waals surface area contributed by atoms with Gasteiger partial charge in [-0.05, 0) is 32.4 Å². The van der Waals surface area contributed by atoms with Gasteiger partial charge in [-0.25, -0.2) is 0 Å². The zero-order chi connectivity index (χ0) is 14.0. The number of carbonyl (C=O) groups excluding carboxylic acids is 1. The molecule has 1 fully saturated rings. The summed E-state index contributed by atoms with van der Waals surface area (Å²) in [4.78, 5) is 12.6. The summed E-state index contributed by atoms with van der Waals surface area (Å²) in [6.45, 7) is 4.50. The Bertz CT molecular complexity index is 501. The summed E-state index contributed by atoms with van der Waals surface area (Å²) in [5.74, 6) is 1.06. The predicted octanol–water partition coefficient (Wildman–Crippen LogP) is 2.44. The van der Waals surface area contributed by atoms with E-state index in [0.717, 1.165) is 43.7 Å². The molecule has 0 saturated carbocycles. The fourth-order valence-electron chi connectivity index (χ4n) is 3.07. The molecular weight excluding hydrogens is 288 g/mol. The lowest BCUT2D eigenvalue weighted by molar-refractivity contribution is -0.132. The zero-order valence-electron chi connectivity index (χ0n) is 12.4. The molecule has 0 radical (unpaired) electrons. The standard InChI is InChI=1S/C16H22N2O2.ClH/c1-16(8-4-9-17-11-16)15(19)18-13-7-10-20-14-6-3-2-5-12(13)14;/h2-3,5-6,13,17H,4,7-11H2,1H3,(H,18,19);1H. The molecule has 2 unspecified atom stereocenters. The van der Waals surface area contributed by atoms with Gasteiger partial charge in [0.05, 0.1) is 18.1 Å². The smallest absolute Gasteiger partial charge is 0.227 e. The van der Waals surface area contributed by atoms with Crippen molar-refractivity contribution in [2.45, 2.75) is 32.2 Å². The van der Waals surface area contributed by atoms with Crippen LogP contribution in [0.25, 0.3) is 0 Å². The molecule has 4 nitrogen and oxygen atoms in total. The van der Waals surface area contributed by atoms with Crippen LogP contribution in [0.2, 0.25) is 0 Å². The third kappa shape index (κ3) is 3.33. The summed E-state index contributed by atoms with van der Waals surface area (Å²) < 4.78 is 5.64. The summed E-state index contributed by atoms with van der Waals surface area (Å²) >= 11 is 0. The summed E-state index contributed by atoms with van der Waals surface area (Å²) in [5, 5.41) is 6.55. The second-order valence-corrected chi connectivity index (χ2v) is 6.04. The Hall–Kier alpha value is -1.26. The minimum Gasteiger partial charge on any atom is -0.493 e. The van der Waals surface area contributed by atoms with Gasteiger partial charge in [0.1, 0.15) is 5.75 Å². The van der Waals surface area contributed by atoms with Gasteiger partial charge in [0, 0.05) is 18.5 Å². The van der Waals surface area contributed by atoms with Crippen LogP contribution in [0.3, 0.4) is 0 Å². The minimum atomic E-state index is -0.286. The molecule has 1 aromatic carbocycles. The van der Waals surface area contributed by atoms with Crippen molar-refractivity contribution in [3.8, 4) is 5.75 Å². The van der Waals surface area contributed by atoms with Crippen LogP contribution in [0.4, 0.5) is 0 Å². The van der Waals surface area contributed by atoms with E-state index in [1.807, 2.05) is 24.3 Å². The molecule has 2 N–H and O–H groups in total. The second-order valence-electron chi connectivity index (χ2n) is 6.04. The van der Waals surface area contributed by atoms with Crippen molar-refractivity contribution in [1.29, 1.82) is 0 Å². The third-order valence-electron chi connectivity index (χ3n) is 4.41. The van der Waals surface area contributed by atoms with Crippen LogP contribution < -0.4 is 15.4 Å². The highest BCUT2D eigenvalue weighted by atomic mass is 35.5. The Morgan fingerprint density at radius 2 is 2.24 bits per heavy atom. The summed E-state index contributed by atoms with van der Waals surface area (Å²) in [6, 6.07) is 8.05. The lowest BCUT2D eigenvalue weighted by Gasteiger charge is -2.35. The molecule has 21 heavy (non-hydrogen) atoms. The summed E-state index contributed by atoms with van der Waals surface area (Å²) in [5.41, 5.74) is 0.811. The van der Waals surface area contributed by atoms with Gasteiger partial charge in [-0.15, -0.1) is 12.4 Å². The number of benzene rings is 1. The normalized spacial score (nSPS) is 27.8. The fourth-order valence-corrected chi connectivity index (χ4v) is 3.07. The highest BCUT2D eigenvalue weighted by molar-refractivity contribution is 5.85. The number of ether oxygens (including phenoxy) is 1. The van der Waals surface area contributed by atoms with E-state index in [4.69, 9.17) is 4.74 Å². The average molecular weight is 311 g/mol. The SMILES string of the molecule is CC1(C(=O)NC2CCOc3ccccc32)CCCNC1.Cl. The number of hydrogen-bond donors (Lipinski definition) is 2. The lowest BCUT2D eigenvalue weighted by atomic mass is 9.81. The van der Waals surface area contributed by atoms with Gasteiger partial charge in [-0.2, -0.15) is 0 Å². The second kappa shape index (κ2) is 6.67. The first-order valence-electron chi connectivity index (χ1n) is 7.42. The van der Waals surface area contributed by atoms with Gasteiger partial charge in [-0.1, -0.05) is 18.2 Å². The first-order valence-corrected chi connectivity index (χ1v) is 7.42. The molecule has 2 aliphatic rings. The first-order chi connectivity index (χ1) is 9.69. The van der Waals surface area contributed by atoms with Gasteiger partial charge in [0.15, 0.2) is 0 Å². The number of halogens is 1. The van der Waals surface area contributed by atoms with Crippen LogP contribution in [0, 0.1) is 5.41 Å². The number of carbonyl (C=O) groups is 1. The van der Waals surface area contributed by atoms with Gasteiger partial charge < -0.3 is 15.4 Å². The molecule has 0 aromatic heterocycles. The minimum absolute atomic E-state index is 0. The van der Waals surface area contributed by atoms with Gasteiger partial charge >= 0.3 is 0 Å². The fraction of sp³-hybridized carbons (Fsp3) is 0.562. The topological polar surface area (TPSA) is 50.4 Å². The molecule has 0 aliphatic carbocycles. The molecular formula is C16H23ClN2O2. The summed E-state index contributed by atoms with van der Waals surface area (Å²) in [6.07, 6.45) is 2.86. The van der Waals surface area contributed by atoms with Crippen LogP contribution in [-0.4, -0.2) is 25.6 Å². The van der Waals surface area contributed by atoms with Crippen molar-refractivity contribution in [2.75, 3.05) is 19.7 Å². The molecule has 116 valence electrons. The van der Waals surface area contributed by atoms with Gasteiger partial charge in [0.25, 0.3) is 0 Å². The van der Waals surface area contributed by atoms with Crippen LogP contribution >= 0.6 is 12.4 Å². The number of para-hydroxylation sites is 1. The maximum atomic E-state index is 12.6. The highest BCUT2D eigenvalue weighted by Crippen LogP contribution is 2.33. The van der Waals surface area contributed by atoms with E-state index in [9.17, 15) is 4.79 Å².